The second kappa shape index (κ2) is 7.71. The quantitative estimate of drug-likeness (QED) is 0.798. The number of rotatable bonds is 6. The van der Waals surface area contributed by atoms with Gasteiger partial charge in [-0.25, -0.2) is 4.79 Å². The summed E-state index contributed by atoms with van der Waals surface area (Å²) in [7, 11) is 0. The van der Waals surface area contributed by atoms with Crippen LogP contribution in [0.15, 0.2) is 24.3 Å². The van der Waals surface area contributed by atoms with Crippen molar-refractivity contribution in [2.75, 3.05) is 31.1 Å². The fourth-order valence-corrected chi connectivity index (χ4v) is 3.50. The van der Waals surface area contributed by atoms with Gasteiger partial charge in [-0.05, 0) is 63.5 Å². The zero-order valence-corrected chi connectivity index (χ0v) is 14.6. The number of benzene rings is 1. The topological polar surface area (TPSA) is 57.4 Å². The van der Waals surface area contributed by atoms with Crippen molar-refractivity contribution in [2.24, 2.45) is 0 Å². The van der Waals surface area contributed by atoms with Crippen LogP contribution in [0.3, 0.4) is 0 Å². The molecule has 0 atom stereocenters. The number of hydrogen-bond donors (Lipinski definition) is 2. The third-order valence-corrected chi connectivity index (χ3v) is 4.65. The zero-order valence-electron chi connectivity index (χ0n) is 14.6. The highest BCUT2D eigenvalue weighted by Crippen LogP contribution is 2.27. The molecule has 0 unspecified atom stereocenters. The summed E-state index contributed by atoms with van der Waals surface area (Å²) in [5.41, 5.74) is 2.74. The molecule has 1 aromatic carbocycles. The summed E-state index contributed by atoms with van der Waals surface area (Å²) in [5, 5.41) is 4.50. The summed E-state index contributed by atoms with van der Waals surface area (Å²) in [6.45, 7) is 7.67. The van der Waals surface area contributed by atoms with Gasteiger partial charge in [0.2, 0.25) is 0 Å². The van der Waals surface area contributed by atoms with Gasteiger partial charge in [-0.2, -0.15) is 0 Å². The van der Waals surface area contributed by atoms with E-state index < -0.39 is 0 Å². The molecule has 24 heavy (non-hydrogen) atoms. The van der Waals surface area contributed by atoms with Crippen molar-refractivity contribution in [3.63, 3.8) is 0 Å². The number of hydrogen-bond acceptors (Lipinski definition) is 4. The number of aromatic amines is 1. The van der Waals surface area contributed by atoms with E-state index in [9.17, 15) is 4.79 Å². The maximum atomic E-state index is 11.9. The number of piperidine rings is 1. The van der Waals surface area contributed by atoms with Gasteiger partial charge in [0, 0.05) is 29.2 Å². The predicted molar refractivity (Wildman–Crippen MR) is 97.8 cm³/mol. The monoisotopic (exact) mass is 329 g/mol. The second-order valence-electron chi connectivity index (χ2n) is 6.35. The normalized spacial score (nSPS) is 15.6. The number of H-pyrrole nitrogens is 1. The molecule has 0 bridgehead atoms. The Bertz CT molecular complexity index is 689. The lowest BCUT2D eigenvalue weighted by Gasteiger charge is -2.36. The number of nitrogens with one attached hydrogen (secondary N) is 2. The number of anilines is 1. The van der Waals surface area contributed by atoms with Gasteiger partial charge in [0.15, 0.2) is 0 Å². The number of ether oxygens (including phenoxy) is 1. The largest absolute Gasteiger partial charge is 0.461 e. The molecule has 0 saturated carbocycles. The number of aromatic nitrogens is 1. The van der Waals surface area contributed by atoms with Gasteiger partial charge >= 0.3 is 5.97 Å². The minimum absolute atomic E-state index is 0.293. The van der Waals surface area contributed by atoms with Crippen LogP contribution in [0.4, 0.5) is 5.69 Å². The Morgan fingerprint density at radius 2 is 2.04 bits per heavy atom. The molecule has 1 aliphatic rings. The maximum absolute atomic E-state index is 11.9. The molecular formula is C19H27N3O2. The van der Waals surface area contributed by atoms with Crippen LogP contribution < -0.4 is 10.2 Å². The summed E-state index contributed by atoms with van der Waals surface area (Å²) in [6.07, 6.45) is 3.49. The summed E-state index contributed by atoms with van der Waals surface area (Å²) in [6, 6.07) is 8.89. The van der Waals surface area contributed by atoms with Crippen molar-refractivity contribution in [3.05, 3.63) is 30.0 Å². The van der Waals surface area contributed by atoms with Gasteiger partial charge < -0.3 is 19.9 Å². The van der Waals surface area contributed by atoms with Gasteiger partial charge in [-0.1, -0.05) is 6.92 Å². The molecule has 2 N–H and O–H groups in total. The smallest absolute Gasteiger partial charge is 0.354 e. The van der Waals surface area contributed by atoms with Crippen LogP contribution in [0.1, 0.15) is 43.6 Å². The number of carbonyl (C=O) groups excluding carboxylic acids is 1. The molecule has 5 heteroatoms. The summed E-state index contributed by atoms with van der Waals surface area (Å²) in [5.74, 6) is -0.293. The first kappa shape index (κ1) is 16.8. The minimum Gasteiger partial charge on any atom is -0.461 e. The maximum Gasteiger partial charge on any atom is 0.354 e. The van der Waals surface area contributed by atoms with Crippen molar-refractivity contribution in [3.8, 4) is 0 Å². The lowest BCUT2D eigenvalue weighted by Crippen LogP contribution is -2.43. The molecular weight excluding hydrogens is 302 g/mol. The fraction of sp³-hybridized carbons (Fsp3) is 0.526. The Balaban J connectivity index is 1.88. The molecule has 1 aromatic heterocycles. The first-order chi connectivity index (χ1) is 11.7. The van der Waals surface area contributed by atoms with E-state index in [1.807, 2.05) is 13.0 Å². The lowest BCUT2D eigenvalue weighted by molar-refractivity contribution is 0.0520. The van der Waals surface area contributed by atoms with E-state index >= 15 is 0 Å². The molecule has 2 aromatic rings. The van der Waals surface area contributed by atoms with Crippen LogP contribution >= 0.6 is 0 Å². The van der Waals surface area contributed by atoms with Crippen molar-refractivity contribution in [1.82, 2.24) is 10.3 Å². The minimum atomic E-state index is -0.293. The highest BCUT2D eigenvalue weighted by molar-refractivity contribution is 5.95. The van der Waals surface area contributed by atoms with Crippen molar-refractivity contribution in [1.29, 1.82) is 0 Å². The van der Waals surface area contributed by atoms with Crippen molar-refractivity contribution >= 4 is 22.6 Å². The SMILES string of the molecule is CCCN(c1ccc2[nH]c(C(=O)OCC)cc2c1)C1CCNCC1. The predicted octanol–water partition coefficient (Wildman–Crippen LogP) is 3.31. The molecule has 0 aliphatic carbocycles. The molecule has 3 rings (SSSR count). The highest BCUT2D eigenvalue weighted by Gasteiger charge is 2.21. The molecule has 1 aliphatic heterocycles. The molecule has 2 heterocycles. The van der Waals surface area contributed by atoms with Gasteiger partial charge in [0.25, 0.3) is 0 Å². The summed E-state index contributed by atoms with van der Waals surface area (Å²) >= 11 is 0. The fourth-order valence-electron chi connectivity index (χ4n) is 3.50. The Hall–Kier alpha value is -2.01. The van der Waals surface area contributed by atoms with E-state index in [4.69, 9.17) is 4.74 Å². The van der Waals surface area contributed by atoms with Crippen molar-refractivity contribution in [2.45, 2.75) is 39.2 Å². The highest BCUT2D eigenvalue weighted by atomic mass is 16.5. The van der Waals surface area contributed by atoms with Crippen LogP contribution in [0.25, 0.3) is 10.9 Å². The second-order valence-corrected chi connectivity index (χ2v) is 6.35. The zero-order chi connectivity index (χ0) is 16.9. The Morgan fingerprint density at radius 1 is 1.25 bits per heavy atom. The first-order valence-corrected chi connectivity index (χ1v) is 9.00. The van der Waals surface area contributed by atoms with E-state index in [1.54, 1.807) is 0 Å². The Morgan fingerprint density at radius 3 is 2.75 bits per heavy atom. The van der Waals surface area contributed by atoms with E-state index in [0.717, 1.165) is 37.0 Å². The average Bonchev–Trinajstić information content (AvgIpc) is 3.04. The van der Waals surface area contributed by atoms with Crippen LogP contribution in [0, 0.1) is 0 Å². The molecule has 0 amide bonds. The van der Waals surface area contributed by atoms with Crippen molar-refractivity contribution < 1.29 is 9.53 Å². The van der Waals surface area contributed by atoms with Gasteiger partial charge in [0.1, 0.15) is 5.69 Å². The first-order valence-electron chi connectivity index (χ1n) is 9.00. The van der Waals surface area contributed by atoms with Crippen LogP contribution in [-0.2, 0) is 4.74 Å². The molecule has 0 radical (unpaired) electrons. The average molecular weight is 329 g/mol. The van der Waals surface area contributed by atoms with Gasteiger partial charge in [-0.15, -0.1) is 0 Å². The number of fused-ring (bicyclic) bond motifs is 1. The third-order valence-electron chi connectivity index (χ3n) is 4.65. The van der Waals surface area contributed by atoms with Crippen LogP contribution in [0.5, 0.6) is 0 Å². The molecule has 1 saturated heterocycles. The summed E-state index contributed by atoms with van der Waals surface area (Å²) < 4.78 is 5.08. The van der Waals surface area contributed by atoms with Gasteiger partial charge in [-0.3, -0.25) is 0 Å². The lowest BCUT2D eigenvalue weighted by atomic mass is 10.0. The van der Waals surface area contributed by atoms with E-state index in [-0.39, 0.29) is 5.97 Å². The van der Waals surface area contributed by atoms with Crippen LogP contribution in [0.2, 0.25) is 0 Å². The summed E-state index contributed by atoms with van der Waals surface area (Å²) in [4.78, 5) is 17.6. The van der Waals surface area contributed by atoms with Gasteiger partial charge in [0.05, 0.1) is 6.61 Å². The number of esters is 1. The van der Waals surface area contributed by atoms with E-state index in [1.165, 1.54) is 18.5 Å². The van der Waals surface area contributed by atoms with Crippen LogP contribution in [-0.4, -0.2) is 43.2 Å². The molecule has 0 spiro atoms. The Labute approximate surface area is 143 Å². The van der Waals surface area contributed by atoms with E-state index in [2.05, 4.69) is 40.3 Å². The number of carbonyl (C=O) groups is 1. The molecule has 130 valence electrons. The molecule has 1 fully saturated rings. The Kier molecular flexibility index (Phi) is 5.41. The molecule has 5 nitrogen and oxygen atoms in total. The number of nitrogens with zero attached hydrogens (tertiary/aromatic N) is 1. The third kappa shape index (κ3) is 3.56. The van der Waals surface area contributed by atoms with E-state index in [0.29, 0.717) is 18.3 Å². The standard InChI is InChI=1S/C19H27N3O2/c1-3-11-22(15-7-9-20-10-8-15)16-5-6-17-14(12-16)13-18(21-17)19(23)24-4-2/h5-6,12-13,15,20-21H,3-4,7-11H2,1-2H3.